The number of unbranched alkanes of at least 4 members (excludes halogenated alkanes) is 1. The number of hydrogen-bond donors (Lipinski definition) is 5. The van der Waals surface area contributed by atoms with E-state index in [2.05, 4.69) is 47.0 Å². The average Bonchev–Trinajstić information content (AvgIpc) is 1.49. The van der Waals surface area contributed by atoms with Crippen LogP contribution in [0.2, 0.25) is 0 Å². The van der Waals surface area contributed by atoms with Gasteiger partial charge in [0.25, 0.3) is 0 Å². The molecule has 1 saturated heterocycles. The van der Waals surface area contributed by atoms with Gasteiger partial charge in [0.15, 0.2) is 23.5 Å². The number of urea groups is 1. The Morgan fingerprint density at radius 3 is 2.10 bits per heavy atom. The van der Waals surface area contributed by atoms with Crippen LogP contribution in [0.3, 0.4) is 0 Å². The molecule has 0 radical (unpaired) electrons. The predicted molar refractivity (Wildman–Crippen MR) is 375 cm³/mol. The third kappa shape index (κ3) is 21.1. The maximum absolute atomic E-state index is 14.9. The number of primary amides is 1. The van der Waals surface area contributed by atoms with Crippen LogP contribution in [0.1, 0.15) is 148 Å². The highest BCUT2D eigenvalue weighted by Gasteiger charge is 2.76. The Balaban J connectivity index is 0.611. The Hall–Kier alpha value is -6.07. The molecule has 9 rings (SSSR count). The summed E-state index contributed by atoms with van der Waals surface area (Å²) in [5, 5.41) is 29.2. The molecule has 7 aliphatic rings. The number of aromatic nitrogens is 3. The van der Waals surface area contributed by atoms with Gasteiger partial charge in [-0.25, -0.2) is 14.3 Å². The first-order chi connectivity index (χ1) is 49.3. The van der Waals surface area contributed by atoms with Crippen molar-refractivity contribution in [3.8, 4) is 5.75 Å². The van der Waals surface area contributed by atoms with Crippen LogP contribution in [-0.4, -0.2) is 210 Å². The highest BCUT2D eigenvalue weighted by atomic mass is 16.7. The molecule has 568 valence electrons. The van der Waals surface area contributed by atoms with Crippen molar-refractivity contribution in [2.45, 2.75) is 187 Å². The Kier molecular flexibility index (Phi) is 30.9. The summed E-state index contributed by atoms with van der Waals surface area (Å²) in [5.74, 6) is -0.374. The third-order valence-electron chi connectivity index (χ3n) is 22.4. The highest BCUT2D eigenvalue weighted by Crippen LogP contribution is 2.70. The second kappa shape index (κ2) is 39.3. The minimum atomic E-state index is -1.34. The molecular weight excluding hydrogens is 1310 g/mol. The van der Waals surface area contributed by atoms with Crippen LogP contribution in [0.15, 0.2) is 48.1 Å². The van der Waals surface area contributed by atoms with Crippen LogP contribution in [0.5, 0.6) is 5.75 Å². The number of nitrogens with two attached hydrogens (primary N) is 1. The first-order valence-electron chi connectivity index (χ1n) is 37.7. The second-order valence-electron chi connectivity index (χ2n) is 29.4. The number of fused-ring (bicyclic) bond motifs is 9. The van der Waals surface area contributed by atoms with Crippen molar-refractivity contribution in [2.24, 2.45) is 63.9 Å². The zero-order valence-electron chi connectivity index (χ0n) is 61.1. The number of carbonyl (C=O) groups is 7. The number of hydrogen-bond acceptors (Lipinski definition) is 21. The standard InChI is InChI=1S/C76H115N7O19/c1-7-9-29-92-33-37-96-40-36-95-32-28-83-62-22-20-57-56(19-21-61(62)81-82-83)59(57)48-100-73(91)79-27-31-94-35-39-98-42-41-97-38-34-93-30-24-68(89)80-71(50(3)4)64(86)44-52(12-10-26-78-72(77)90)63(85)43-51-13-16-55(17-14-51)99-49-66(88)76-67(101-69(102-76)11-8-2)46-60-58-18-15-53-45-54(84)23-25-74(53,5)70(58)65(87)47-75(60,76)6/h13-14,16-17,23,25,45,50,52,56-60,65,67,69-71,87H,7-12,15,18-22,24,26-44,46-49H2,1-6H3,(H,79,91)(H,80,89)(H3,77,78,90)/t52-,56?,57?,58+,59?,60+,65+,67-,69?,70-,71+,74+,75+,76-/m1/s1. The fraction of sp³-hybridized carbons (Fsp3) is 0.750. The van der Waals surface area contributed by atoms with Crippen LogP contribution >= 0.6 is 0 Å². The van der Waals surface area contributed by atoms with Gasteiger partial charge in [-0.15, -0.1) is 5.10 Å². The van der Waals surface area contributed by atoms with Crippen molar-refractivity contribution in [3.63, 3.8) is 0 Å². The number of alkyl carbamates (subject to hydrolysis) is 1. The largest absolute Gasteiger partial charge is 0.486 e. The Morgan fingerprint density at radius 2 is 1.42 bits per heavy atom. The van der Waals surface area contributed by atoms with E-state index < -0.39 is 59.0 Å². The second-order valence-corrected chi connectivity index (χ2v) is 29.4. The van der Waals surface area contributed by atoms with Crippen LogP contribution in [0.4, 0.5) is 9.59 Å². The van der Waals surface area contributed by atoms with E-state index in [1.54, 1.807) is 36.4 Å². The molecule has 4 unspecified atom stereocenters. The van der Waals surface area contributed by atoms with Gasteiger partial charge in [0.2, 0.25) is 11.7 Å². The smallest absolute Gasteiger partial charge is 0.407 e. The monoisotopic (exact) mass is 1430 g/mol. The number of aryl methyl sites for hydroxylation is 1. The molecule has 4 saturated carbocycles. The minimum Gasteiger partial charge on any atom is -0.486 e. The van der Waals surface area contributed by atoms with Crippen LogP contribution in [-0.2, 0) is 97.1 Å². The molecule has 2 aromatic rings. The lowest BCUT2D eigenvalue weighted by molar-refractivity contribution is -0.200. The molecule has 6 N–H and O–H groups in total. The predicted octanol–water partition coefficient (Wildman–Crippen LogP) is 7.15. The first kappa shape index (κ1) is 80.0. The van der Waals surface area contributed by atoms with Crippen LogP contribution < -0.4 is 26.4 Å². The Bertz CT molecular complexity index is 3130. The van der Waals surface area contributed by atoms with Gasteiger partial charge in [0, 0.05) is 61.6 Å². The van der Waals surface area contributed by atoms with Gasteiger partial charge in [-0.05, 0) is 142 Å². The molecule has 0 spiro atoms. The van der Waals surface area contributed by atoms with Crippen LogP contribution in [0, 0.1) is 58.2 Å². The summed E-state index contributed by atoms with van der Waals surface area (Å²) in [5.41, 5.74) is 6.70. The normalized spacial score (nSPS) is 27.3. The van der Waals surface area contributed by atoms with E-state index in [4.69, 9.17) is 57.8 Å². The minimum absolute atomic E-state index is 0.00270. The number of carbonyl (C=O) groups excluding carboxylic acids is 7. The number of ketones is 4. The summed E-state index contributed by atoms with van der Waals surface area (Å²) < 4.78 is 66.6. The molecule has 5 fully saturated rings. The highest BCUT2D eigenvalue weighted by molar-refractivity contribution is 6.01. The zero-order valence-corrected chi connectivity index (χ0v) is 61.1. The number of Topliss-reactive ketones (excluding diaryl/α,β-unsaturated/α-hetero) is 3. The van der Waals surface area contributed by atoms with E-state index in [-0.39, 0.29) is 111 Å². The Morgan fingerprint density at radius 1 is 0.765 bits per heavy atom. The summed E-state index contributed by atoms with van der Waals surface area (Å²) in [6.45, 7) is 19.1. The lowest BCUT2D eigenvalue weighted by Crippen LogP contribution is -2.63. The number of amides is 4. The van der Waals surface area contributed by atoms with Gasteiger partial charge in [-0.1, -0.05) is 83.4 Å². The average molecular weight is 1430 g/mol. The summed E-state index contributed by atoms with van der Waals surface area (Å²) in [7, 11) is 0. The van der Waals surface area contributed by atoms with Crippen molar-refractivity contribution >= 4 is 41.2 Å². The fourth-order valence-electron chi connectivity index (χ4n) is 17.0. The molecule has 1 aliphatic heterocycles. The summed E-state index contributed by atoms with van der Waals surface area (Å²) in [6, 6.07) is 5.36. The van der Waals surface area contributed by atoms with E-state index in [1.165, 1.54) is 5.69 Å². The van der Waals surface area contributed by atoms with Gasteiger partial charge < -0.3 is 78.9 Å². The van der Waals surface area contributed by atoms with E-state index >= 15 is 0 Å². The molecule has 6 aliphatic carbocycles. The maximum atomic E-state index is 14.9. The lowest BCUT2D eigenvalue weighted by Gasteiger charge is -2.59. The molecule has 102 heavy (non-hydrogen) atoms. The number of aliphatic hydroxyl groups excluding tert-OH is 1. The number of allylic oxidation sites excluding steroid dienone is 4. The number of aliphatic hydroxyl groups is 1. The van der Waals surface area contributed by atoms with Gasteiger partial charge in [-0.2, -0.15) is 0 Å². The number of nitrogens with one attached hydrogen (secondary N) is 3. The quantitative estimate of drug-likeness (QED) is 0.0411. The molecule has 0 bridgehead atoms. The van der Waals surface area contributed by atoms with Gasteiger partial charge in [-0.3, -0.25) is 24.0 Å². The van der Waals surface area contributed by atoms with Gasteiger partial charge in [0.05, 0.1) is 129 Å². The van der Waals surface area contributed by atoms with E-state index in [1.807, 2.05) is 31.5 Å². The SMILES string of the molecule is CCCCOCCOCCOCCn1nnc2c1CCC1C(CC2)C1COC(=O)NCCOCCOCCOCCOCCC(=O)N[C@H](C(=O)C[C@@H](CCCNC(N)=O)C(=O)Cc1ccc(OCC(=O)[C@@]23OC(CCC)O[C@@H]2C[C@H]2[C@@H]4CCC5=CC(=O)C=C[C@]5(C)[C@H]4[C@@H](O)C[C@@]23C)cc1)C(C)C. The van der Waals surface area contributed by atoms with Crippen molar-refractivity contribution < 1.29 is 90.8 Å². The molecule has 4 amide bonds. The van der Waals surface area contributed by atoms with Crippen molar-refractivity contribution in [1.29, 1.82) is 0 Å². The third-order valence-corrected chi connectivity index (χ3v) is 22.4. The maximum Gasteiger partial charge on any atom is 0.407 e. The number of ether oxygens (including phenoxy) is 11. The van der Waals surface area contributed by atoms with Gasteiger partial charge in [0.1, 0.15) is 18.1 Å². The summed E-state index contributed by atoms with van der Waals surface area (Å²) >= 11 is 0. The molecule has 14 atom stereocenters. The molecular formula is C76H115N7O19. The van der Waals surface area contributed by atoms with Crippen molar-refractivity contribution in [1.82, 2.24) is 30.9 Å². The molecule has 1 aromatic heterocycles. The zero-order chi connectivity index (χ0) is 72.7. The van der Waals surface area contributed by atoms with Crippen molar-refractivity contribution in [2.75, 3.05) is 119 Å². The summed E-state index contributed by atoms with van der Waals surface area (Å²) in [6.07, 6.45) is 13.4. The Labute approximate surface area is 601 Å². The lowest BCUT2D eigenvalue weighted by atomic mass is 9.46. The van der Waals surface area contributed by atoms with E-state index in [9.17, 15) is 38.7 Å². The molecule has 2 heterocycles. The number of nitrogens with zero attached hydrogens (tertiary/aromatic N) is 3. The molecule has 1 aromatic carbocycles. The number of rotatable bonds is 47. The fourth-order valence-corrected chi connectivity index (χ4v) is 17.0. The topological polar surface area (TPSA) is 334 Å². The van der Waals surface area contributed by atoms with E-state index in [0.717, 1.165) is 75.7 Å². The van der Waals surface area contributed by atoms with Crippen LogP contribution in [0.25, 0.3) is 0 Å². The van der Waals surface area contributed by atoms with E-state index in [0.29, 0.717) is 141 Å². The summed E-state index contributed by atoms with van der Waals surface area (Å²) in [4.78, 5) is 92.7. The van der Waals surface area contributed by atoms with Crippen molar-refractivity contribution in [3.05, 3.63) is 65.0 Å². The van der Waals surface area contributed by atoms with Gasteiger partial charge >= 0.3 is 12.1 Å². The first-order valence-corrected chi connectivity index (χ1v) is 37.7. The molecule has 26 heteroatoms. The molecule has 26 nitrogen and oxygen atoms in total. The number of benzene rings is 1.